The van der Waals surface area contributed by atoms with Crippen molar-refractivity contribution in [2.24, 2.45) is 12.0 Å². The molecule has 19 heavy (non-hydrogen) atoms. The number of aliphatic imine (C=N–C) groups is 1. The fraction of sp³-hybridized carbons (Fsp3) is 0.692. The highest BCUT2D eigenvalue weighted by Gasteiger charge is 1.99. The summed E-state index contributed by atoms with van der Waals surface area (Å²) in [6, 6.07) is 0. The number of rotatable bonds is 8. The van der Waals surface area contributed by atoms with E-state index < -0.39 is 0 Å². The summed E-state index contributed by atoms with van der Waals surface area (Å²) in [7, 11) is 3.74. The van der Waals surface area contributed by atoms with Gasteiger partial charge in [-0.15, -0.1) is 0 Å². The van der Waals surface area contributed by atoms with E-state index in [1.807, 2.05) is 35.9 Å². The van der Waals surface area contributed by atoms with Crippen molar-refractivity contribution in [3.8, 4) is 0 Å². The lowest BCUT2D eigenvalue weighted by atomic mass is 10.2. The van der Waals surface area contributed by atoms with Crippen molar-refractivity contribution in [2.75, 3.05) is 32.1 Å². The lowest BCUT2D eigenvalue weighted by Crippen LogP contribution is -2.38. The van der Waals surface area contributed by atoms with Crippen LogP contribution in [0.3, 0.4) is 0 Å². The first kappa shape index (κ1) is 15.9. The van der Waals surface area contributed by atoms with Crippen LogP contribution in [0.2, 0.25) is 0 Å². The first-order valence-electron chi connectivity index (χ1n) is 6.67. The van der Waals surface area contributed by atoms with Gasteiger partial charge in [0.15, 0.2) is 5.96 Å². The maximum Gasteiger partial charge on any atom is 0.190 e. The van der Waals surface area contributed by atoms with E-state index in [9.17, 15) is 0 Å². The van der Waals surface area contributed by atoms with Crippen molar-refractivity contribution in [1.29, 1.82) is 0 Å². The average molecular weight is 283 g/mol. The van der Waals surface area contributed by atoms with Crippen LogP contribution in [0.25, 0.3) is 0 Å². The number of aromatic nitrogens is 2. The Labute approximate surface area is 120 Å². The summed E-state index contributed by atoms with van der Waals surface area (Å²) in [5, 5.41) is 10.8. The van der Waals surface area contributed by atoms with Crippen molar-refractivity contribution < 1.29 is 0 Å². The molecule has 0 bridgehead atoms. The Morgan fingerprint density at radius 3 is 2.79 bits per heavy atom. The highest BCUT2D eigenvalue weighted by molar-refractivity contribution is 7.98. The molecule has 6 heteroatoms. The molecule has 0 atom stereocenters. The summed E-state index contributed by atoms with van der Waals surface area (Å²) in [6.07, 6.45) is 9.49. The van der Waals surface area contributed by atoms with Gasteiger partial charge in [0.2, 0.25) is 0 Å². The zero-order valence-electron chi connectivity index (χ0n) is 12.1. The molecule has 1 aromatic rings. The number of nitrogens with zero attached hydrogens (tertiary/aromatic N) is 3. The van der Waals surface area contributed by atoms with Crippen LogP contribution in [-0.4, -0.2) is 47.9 Å². The predicted molar refractivity (Wildman–Crippen MR) is 83.9 cm³/mol. The molecule has 0 unspecified atom stereocenters. The van der Waals surface area contributed by atoms with Gasteiger partial charge < -0.3 is 10.6 Å². The molecule has 1 aromatic heterocycles. The molecule has 1 rings (SSSR count). The van der Waals surface area contributed by atoms with E-state index in [2.05, 4.69) is 27.0 Å². The Morgan fingerprint density at radius 2 is 2.16 bits per heavy atom. The van der Waals surface area contributed by atoms with E-state index in [1.165, 1.54) is 24.2 Å². The maximum atomic E-state index is 4.21. The minimum atomic E-state index is 0.871. The Morgan fingerprint density at radius 1 is 1.37 bits per heavy atom. The standard InChI is InChI=1S/C13H25N5S/c1-14-13(15-7-4-5-9-19-3)16-8-6-12-10-17-18(2)11-12/h10-11H,4-9H2,1-3H3,(H2,14,15,16). The third-order valence-electron chi connectivity index (χ3n) is 2.76. The molecule has 0 saturated carbocycles. The van der Waals surface area contributed by atoms with Gasteiger partial charge >= 0.3 is 0 Å². The first-order valence-corrected chi connectivity index (χ1v) is 8.06. The number of hydrogen-bond acceptors (Lipinski definition) is 3. The summed E-state index contributed by atoms with van der Waals surface area (Å²) in [6.45, 7) is 1.85. The maximum absolute atomic E-state index is 4.21. The van der Waals surface area contributed by atoms with Gasteiger partial charge in [-0.3, -0.25) is 9.67 Å². The van der Waals surface area contributed by atoms with Crippen molar-refractivity contribution in [3.63, 3.8) is 0 Å². The number of thioether (sulfide) groups is 1. The number of hydrogen-bond donors (Lipinski definition) is 2. The molecule has 0 saturated heterocycles. The van der Waals surface area contributed by atoms with Crippen LogP contribution >= 0.6 is 11.8 Å². The zero-order valence-corrected chi connectivity index (χ0v) is 13.0. The van der Waals surface area contributed by atoms with Gasteiger partial charge in [0.25, 0.3) is 0 Å². The fourth-order valence-electron chi connectivity index (χ4n) is 1.73. The van der Waals surface area contributed by atoms with E-state index in [0.29, 0.717) is 0 Å². The second kappa shape index (κ2) is 9.72. The largest absolute Gasteiger partial charge is 0.356 e. The molecule has 0 fully saturated rings. The summed E-state index contributed by atoms with van der Waals surface area (Å²) in [5.74, 6) is 2.11. The van der Waals surface area contributed by atoms with Crippen LogP contribution < -0.4 is 10.6 Å². The molecular weight excluding hydrogens is 258 g/mol. The van der Waals surface area contributed by atoms with Crippen LogP contribution in [0.15, 0.2) is 17.4 Å². The minimum Gasteiger partial charge on any atom is -0.356 e. The van der Waals surface area contributed by atoms with Crippen LogP contribution in [-0.2, 0) is 13.5 Å². The first-order chi connectivity index (χ1) is 9.26. The molecule has 1 heterocycles. The van der Waals surface area contributed by atoms with Crippen LogP contribution in [0, 0.1) is 0 Å². The number of nitrogens with one attached hydrogen (secondary N) is 2. The second-order valence-corrected chi connectivity index (χ2v) is 5.38. The van der Waals surface area contributed by atoms with Gasteiger partial charge in [-0.1, -0.05) is 0 Å². The number of aryl methyl sites for hydroxylation is 1. The Balaban J connectivity index is 2.11. The van der Waals surface area contributed by atoms with Crippen LogP contribution in [0.4, 0.5) is 0 Å². The Bertz CT molecular complexity index is 375. The summed E-state index contributed by atoms with van der Waals surface area (Å²) >= 11 is 1.90. The molecule has 0 aliphatic carbocycles. The van der Waals surface area contributed by atoms with Gasteiger partial charge in [0.05, 0.1) is 6.20 Å². The highest BCUT2D eigenvalue weighted by atomic mass is 32.2. The van der Waals surface area contributed by atoms with E-state index in [4.69, 9.17) is 0 Å². The predicted octanol–water partition coefficient (Wildman–Crippen LogP) is 1.27. The third-order valence-corrected chi connectivity index (χ3v) is 3.45. The lowest BCUT2D eigenvalue weighted by Gasteiger charge is -2.11. The summed E-state index contributed by atoms with van der Waals surface area (Å²) in [5.41, 5.74) is 1.24. The molecule has 0 aliphatic rings. The normalized spacial score (nSPS) is 11.6. The Kier molecular flexibility index (Phi) is 8.13. The molecule has 5 nitrogen and oxygen atoms in total. The quantitative estimate of drug-likeness (QED) is 0.429. The molecular formula is C13H25N5S. The van der Waals surface area contributed by atoms with Gasteiger partial charge in [0.1, 0.15) is 0 Å². The van der Waals surface area contributed by atoms with Gasteiger partial charge in [-0.25, -0.2) is 0 Å². The monoisotopic (exact) mass is 283 g/mol. The number of guanidine groups is 1. The topological polar surface area (TPSA) is 54.2 Å². The zero-order chi connectivity index (χ0) is 13.9. The van der Waals surface area contributed by atoms with Gasteiger partial charge in [0, 0.05) is 33.4 Å². The van der Waals surface area contributed by atoms with Crippen molar-refractivity contribution in [2.45, 2.75) is 19.3 Å². The van der Waals surface area contributed by atoms with Crippen LogP contribution in [0.1, 0.15) is 18.4 Å². The van der Waals surface area contributed by atoms with E-state index >= 15 is 0 Å². The summed E-state index contributed by atoms with van der Waals surface area (Å²) in [4.78, 5) is 4.21. The van der Waals surface area contributed by atoms with Gasteiger partial charge in [-0.05, 0) is 36.8 Å². The van der Waals surface area contributed by atoms with E-state index in [0.717, 1.165) is 25.5 Å². The van der Waals surface area contributed by atoms with Gasteiger partial charge in [-0.2, -0.15) is 16.9 Å². The third kappa shape index (κ3) is 7.10. The Hall–Kier alpha value is -1.17. The minimum absolute atomic E-state index is 0.871. The van der Waals surface area contributed by atoms with E-state index in [-0.39, 0.29) is 0 Å². The van der Waals surface area contributed by atoms with Crippen molar-refractivity contribution >= 4 is 17.7 Å². The molecule has 108 valence electrons. The number of unbranched alkanes of at least 4 members (excludes halogenated alkanes) is 1. The summed E-state index contributed by atoms with van der Waals surface area (Å²) < 4.78 is 1.83. The highest BCUT2D eigenvalue weighted by Crippen LogP contribution is 1.98. The molecule has 0 amide bonds. The molecule has 0 aromatic carbocycles. The van der Waals surface area contributed by atoms with Crippen molar-refractivity contribution in [3.05, 3.63) is 18.0 Å². The molecule has 0 aliphatic heterocycles. The second-order valence-electron chi connectivity index (χ2n) is 4.40. The smallest absolute Gasteiger partial charge is 0.190 e. The molecule has 0 spiro atoms. The SMILES string of the molecule is CN=C(NCCCCSC)NCCc1cnn(C)c1. The lowest BCUT2D eigenvalue weighted by molar-refractivity contribution is 0.730. The van der Waals surface area contributed by atoms with Crippen LogP contribution in [0.5, 0.6) is 0 Å². The molecule has 0 radical (unpaired) electrons. The van der Waals surface area contributed by atoms with Crippen molar-refractivity contribution in [1.82, 2.24) is 20.4 Å². The average Bonchev–Trinajstić information content (AvgIpc) is 2.82. The van der Waals surface area contributed by atoms with E-state index in [1.54, 1.807) is 7.05 Å². The molecule has 2 N–H and O–H groups in total. The fourth-order valence-corrected chi connectivity index (χ4v) is 2.22.